The molecule has 1 aliphatic rings. The summed E-state index contributed by atoms with van der Waals surface area (Å²) in [6.45, 7) is 10.7. The fourth-order valence-electron chi connectivity index (χ4n) is 3.14. The molecular formula is C14H23ClO2. The minimum absolute atomic E-state index is 0.0492. The summed E-state index contributed by atoms with van der Waals surface area (Å²) in [7, 11) is 1.43. The van der Waals surface area contributed by atoms with Gasteiger partial charge in [0.1, 0.15) is 0 Å². The Morgan fingerprint density at radius 2 is 2.24 bits per heavy atom. The number of hydrogen-bond acceptors (Lipinski definition) is 2. The molecule has 1 fully saturated rings. The molecule has 0 saturated heterocycles. The number of alkyl halides is 1. The van der Waals surface area contributed by atoms with Gasteiger partial charge in [-0.15, -0.1) is 11.6 Å². The fraction of sp³-hybridized carbons (Fsp3) is 0.786. The monoisotopic (exact) mass is 258 g/mol. The Balaban J connectivity index is 2.83. The number of carbonyl (C=O) groups is 1. The number of hydrogen-bond donors (Lipinski definition) is 0. The Bertz CT molecular complexity index is 309. The quantitative estimate of drug-likeness (QED) is 0.437. The van der Waals surface area contributed by atoms with Gasteiger partial charge in [0.25, 0.3) is 0 Å². The molecule has 0 heterocycles. The maximum absolute atomic E-state index is 11.4. The first-order valence-corrected chi connectivity index (χ1v) is 6.63. The minimum Gasteiger partial charge on any atom is -0.469 e. The highest BCUT2D eigenvalue weighted by atomic mass is 35.5. The molecule has 0 radical (unpaired) electrons. The van der Waals surface area contributed by atoms with Crippen molar-refractivity contribution in [3.63, 3.8) is 0 Å². The molecule has 0 bridgehead atoms. The molecule has 0 amide bonds. The Morgan fingerprint density at radius 1 is 1.65 bits per heavy atom. The zero-order valence-corrected chi connectivity index (χ0v) is 12.0. The summed E-state index contributed by atoms with van der Waals surface area (Å²) in [6.07, 6.45) is 2.50. The number of halogens is 1. The molecule has 0 spiro atoms. The summed E-state index contributed by atoms with van der Waals surface area (Å²) in [5, 5.41) is 0.0492. The highest BCUT2D eigenvalue weighted by molar-refractivity contribution is 6.22. The van der Waals surface area contributed by atoms with Crippen LogP contribution in [0.5, 0.6) is 0 Å². The molecule has 2 nitrogen and oxygen atoms in total. The average Bonchev–Trinajstić information content (AvgIpc) is 2.23. The van der Waals surface area contributed by atoms with Gasteiger partial charge in [0.05, 0.1) is 12.5 Å². The van der Waals surface area contributed by atoms with E-state index in [0.717, 1.165) is 18.4 Å². The maximum Gasteiger partial charge on any atom is 0.305 e. The number of esters is 1. The van der Waals surface area contributed by atoms with Crippen molar-refractivity contribution in [2.45, 2.75) is 45.4 Å². The number of methoxy groups -OCH3 is 1. The molecule has 1 aliphatic carbocycles. The molecular weight excluding hydrogens is 236 g/mol. The second-order valence-corrected chi connectivity index (χ2v) is 6.33. The molecule has 0 aromatic rings. The number of allylic oxidation sites excluding steroid dienone is 1. The van der Waals surface area contributed by atoms with Gasteiger partial charge in [0.15, 0.2) is 0 Å². The Labute approximate surface area is 109 Å². The molecule has 0 aromatic carbocycles. The van der Waals surface area contributed by atoms with Gasteiger partial charge in [0, 0.05) is 6.42 Å². The van der Waals surface area contributed by atoms with Crippen LogP contribution >= 0.6 is 11.6 Å². The van der Waals surface area contributed by atoms with Crippen LogP contribution in [0.4, 0.5) is 0 Å². The number of rotatable bonds is 3. The Kier molecular flexibility index (Phi) is 4.65. The van der Waals surface area contributed by atoms with Gasteiger partial charge in [-0.1, -0.05) is 32.9 Å². The van der Waals surface area contributed by atoms with Crippen molar-refractivity contribution in [1.29, 1.82) is 0 Å². The van der Waals surface area contributed by atoms with E-state index in [1.165, 1.54) is 7.11 Å². The van der Waals surface area contributed by atoms with E-state index in [9.17, 15) is 4.79 Å². The van der Waals surface area contributed by atoms with E-state index in [-0.39, 0.29) is 28.6 Å². The van der Waals surface area contributed by atoms with Crippen molar-refractivity contribution in [3.05, 3.63) is 12.2 Å². The smallest absolute Gasteiger partial charge is 0.305 e. The second kappa shape index (κ2) is 5.43. The molecule has 98 valence electrons. The van der Waals surface area contributed by atoms with Crippen molar-refractivity contribution in [3.8, 4) is 0 Å². The summed E-state index contributed by atoms with van der Waals surface area (Å²) < 4.78 is 4.74. The second-order valence-electron chi connectivity index (χ2n) is 5.80. The van der Waals surface area contributed by atoms with E-state index in [2.05, 4.69) is 27.4 Å². The molecule has 0 N–H and O–H groups in total. The Morgan fingerprint density at radius 3 is 2.76 bits per heavy atom. The molecule has 1 unspecified atom stereocenters. The van der Waals surface area contributed by atoms with E-state index < -0.39 is 0 Å². The van der Waals surface area contributed by atoms with Gasteiger partial charge in [-0.2, -0.15) is 0 Å². The van der Waals surface area contributed by atoms with Crippen LogP contribution in [-0.2, 0) is 9.53 Å². The molecule has 0 aliphatic heterocycles. The number of ether oxygens (including phenoxy) is 1. The van der Waals surface area contributed by atoms with Gasteiger partial charge in [-0.05, 0) is 30.1 Å². The van der Waals surface area contributed by atoms with Crippen LogP contribution in [0.1, 0.15) is 40.0 Å². The van der Waals surface area contributed by atoms with Crippen molar-refractivity contribution < 1.29 is 9.53 Å². The van der Waals surface area contributed by atoms with Crippen LogP contribution in [0, 0.1) is 17.3 Å². The van der Waals surface area contributed by atoms with E-state index in [1.807, 2.05) is 0 Å². The average molecular weight is 259 g/mol. The van der Waals surface area contributed by atoms with Crippen LogP contribution < -0.4 is 0 Å². The maximum atomic E-state index is 11.4. The first-order chi connectivity index (χ1) is 7.79. The van der Waals surface area contributed by atoms with Crippen LogP contribution in [-0.4, -0.2) is 18.5 Å². The fourth-order valence-corrected chi connectivity index (χ4v) is 3.38. The van der Waals surface area contributed by atoms with Crippen molar-refractivity contribution in [1.82, 2.24) is 0 Å². The molecule has 3 atom stereocenters. The van der Waals surface area contributed by atoms with Crippen molar-refractivity contribution in [2.24, 2.45) is 17.3 Å². The third kappa shape index (κ3) is 3.25. The summed E-state index contributed by atoms with van der Waals surface area (Å²) in [6, 6.07) is 0. The van der Waals surface area contributed by atoms with Gasteiger partial charge in [-0.25, -0.2) is 0 Å². The topological polar surface area (TPSA) is 26.3 Å². The summed E-state index contributed by atoms with van der Waals surface area (Å²) in [5.74, 6) is 0.363. The predicted molar refractivity (Wildman–Crippen MR) is 71.1 cm³/mol. The van der Waals surface area contributed by atoms with Gasteiger partial charge in [-0.3, -0.25) is 4.79 Å². The largest absolute Gasteiger partial charge is 0.469 e. The highest BCUT2D eigenvalue weighted by Crippen LogP contribution is 2.49. The van der Waals surface area contributed by atoms with Crippen molar-refractivity contribution in [2.75, 3.05) is 7.11 Å². The van der Waals surface area contributed by atoms with Crippen LogP contribution in [0.15, 0.2) is 12.2 Å². The summed E-state index contributed by atoms with van der Waals surface area (Å²) in [5.41, 5.74) is 1.25. The first kappa shape index (κ1) is 14.6. The highest BCUT2D eigenvalue weighted by Gasteiger charge is 2.41. The molecule has 1 rings (SSSR count). The summed E-state index contributed by atoms with van der Waals surface area (Å²) in [4.78, 5) is 11.4. The zero-order valence-electron chi connectivity index (χ0n) is 11.3. The van der Waals surface area contributed by atoms with E-state index in [0.29, 0.717) is 6.42 Å². The standard InChI is InChI=1S/C14H23ClO2/c1-9(8-12(16)17-5)13-10(2)11(15)6-7-14(13,3)4/h9,11,13H,2,6-8H2,1,3-5H3/t9-,11?,13+/m1/s1. The third-order valence-corrected chi connectivity index (χ3v) is 4.47. The predicted octanol–water partition coefficient (Wildman–Crippen LogP) is 3.79. The summed E-state index contributed by atoms with van der Waals surface area (Å²) >= 11 is 6.29. The van der Waals surface area contributed by atoms with E-state index in [4.69, 9.17) is 16.3 Å². The molecule has 0 aromatic heterocycles. The first-order valence-electron chi connectivity index (χ1n) is 6.19. The van der Waals surface area contributed by atoms with Gasteiger partial charge in [0.2, 0.25) is 0 Å². The van der Waals surface area contributed by atoms with E-state index in [1.54, 1.807) is 0 Å². The van der Waals surface area contributed by atoms with Gasteiger partial charge >= 0.3 is 5.97 Å². The molecule has 3 heteroatoms. The number of carbonyl (C=O) groups excluding carboxylic acids is 1. The minimum atomic E-state index is -0.155. The lowest BCUT2D eigenvalue weighted by atomic mass is 9.61. The van der Waals surface area contributed by atoms with Crippen LogP contribution in [0.3, 0.4) is 0 Å². The third-order valence-electron chi connectivity index (χ3n) is 3.97. The lowest BCUT2D eigenvalue weighted by molar-refractivity contribution is -0.142. The Hall–Kier alpha value is -0.500. The lowest BCUT2D eigenvalue weighted by Crippen LogP contribution is -2.38. The normalized spacial score (nSPS) is 29.8. The van der Waals surface area contributed by atoms with Gasteiger partial charge < -0.3 is 4.74 Å². The van der Waals surface area contributed by atoms with Crippen molar-refractivity contribution >= 4 is 17.6 Å². The molecule has 1 saturated carbocycles. The van der Waals surface area contributed by atoms with Crippen LogP contribution in [0.2, 0.25) is 0 Å². The van der Waals surface area contributed by atoms with Crippen LogP contribution in [0.25, 0.3) is 0 Å². The zero-order chi connectivity index (χ0) is 13.2. The lowest BCUT2D eigenvalue weighted by Gasteiger charge is -2.45. The SMILES string of the molecule is C=C1C(Cl)CCC(C)(C)[C@H]1[C@H](C)CC(=O)OC. The molecule has 17 heavy (non-hydrogen) atoms. The van der Waals surface area contributed by atoms with E-state index >= 15 is 0 Å².